The summed E-state index contributed by atoms with van der Waals surface area (Å²) in [6, 6.07) is 5.31. The summed E-state index contributed by atoms with van der Waals surface area (Å²) >= 11 is 0. The molecule has 142 valence electrons. The second kappa shape index (κ2) is 7.18. The molecule has 2 aliphatic carbocycles. The van der Waals surface area contributed by atoms with Crippen molar-refractivity contribution in [3.8, 4) is 0 Å². The monoisotopic (exact) mass is 360 g/mol. The van der Waals surface area contributed by atoms with Gasteiger partial charge in [0.15, 0.2) is 0 Å². The number of amides is 1. The largest absolute Gasteiger partial charge is 0.372 e. The smallest absolute Gasteiger partial charge is 0.223 e. The number of fused-ring (bicyclic) bond motifs is 2. The van der Waals surface area contributed by atoms with Crippen LogP contribution in [-0.2, 0) is 16.1 Å². The fourth-order valence-corrected chi connectivity index (χ4v) is 5.18. The Hall–Kier alpha value is -1.62. The molecule has 5 atom stereocenters. The minimum absolute atomic E-state index is 0.0962. The third kappa shape index (κ3) is 3.59. The van der Waals surface area contributed by atoms with E-state index in [1.807, 2.05) is 30.9 Å². The number of nitrogens with one attached hydrogen (secondary N) is 1. The maximum absolute atomic E-state index is 14.6. The van der Waals surface area contributed by atoms with Crippen LogP contribution in [0.3, 0.4) is 0 Å². The van der Waals surface area contributed by atoms with E-state index in [4.69, 9.17) is 4.74 Å². The van der Waals surface area contributed by atoms with Gasteiger partial charge in [0.25, 0.3) is 0 Å². The molecular formula is C21H29FN2O2. The summed E-state index contributed by atoms with van der Waals surface area (Å²) in [7, 11) is 0. The van der Waals surface area contributed by atoms with E-state index in [9.17, 15) is 9.18 Å². The summed E-state index contributed by atoms with van der Waals surface area (Å²) < 4.78 is 20.4. The lowest BCUT2D eigenvalue weighted by Crippen LogP contribution is -2.45. The van der Waals surface area contributed by atoms with Crippen molar-refractivity contribution in [1.82, 2.24) is 5.32 Å². The molecule has 4 nitrogen and oxygen atoms in total. The van der Waals surface area contributed by atoms with Crippen molar-refractivity contribution in [3.63, 3.8) is 0 Å². The Balaban J connectivity index is 1.36. The predicted molar refractivity (Wildman–Crippen MR) is 99.4 cm³/mol. The molecule has 1 N–H and O–H groups in total. The molecule has 26 heavy (non-hydrogen) atoms. The van der Waals surface area contributed by atoms with E-state index in [1.165, 1.54) is 19.3 Å². The summed E-state index contributed by atoms with van der Waals surface area (Å²) in [6.07, 6.45) is 4.94. The second-order valence-electron chi connectivity index (χ2n) is 8.45. The second-order valence-corrected chi connectivity index (χ2v) is 8.45. The van der Waals surface area contributed by atoms with Gasteiger partial charge in [0, 0.05) is 25.6 Å². The summed E-state index contributed by atoms with van der Waals surface area (Å²) in [5.74, 6) is 1.43. The van der Waals surface area contributed by atoms with Gasteiger partial charge in [-0.2, -0.15) is 0 Å². The Labute approximate surface area is 155 Å². The van der Waals surface area contributed by atoms with Gasteiger partial charge < -0.3 is 15.0 Å². The van der Waals surface area contributed by atoms with Crippen molar-refractivity contribution in [2.24, 2.45) is 17.8 Å². The van der Waals surface area contributed by atoms with Gasteiger partial charge in [-0.15, -0.1) is 0 Å². The molecule has 0 aromatic heterocycles. The molecular weight excluding hydrogens is 331 g/mol. The highest BCUT2D eigenvalue weighted by atomic mass is 19.1. The van der Waals surface area contributed by atoms with Crippen LogP contribution in [0.2, 0.25) is 0 Å². The van der Waals surface area contributed by atoms with Crippen LogP contribution in [-0.4, -0.2) is 31.2 Å². The van der Waals surface area contributed by atoms with Gasteiger partial charge in [0.2, 0.25) is 5.91 Å². The molecule has 1 aromatic rings. The molecule has 5 unspecified atom stereocenters. The van der Waals surface area contributed by atoms with Crippen molar-refractivity contribution in [3.05, 3.63) is 29.6 Å². The number of hydrogen-bond acceptors (Lipinski definition) is 3. The third-order valence-electron chi connectivity index (χ3n) is 6.31. The van der Waals surface area contributed by atoms with Crippen molar-refractivity contribution >= 4 is 11.6 Å². The number of morpholine rings is 1. The van der Waals surface area contributed by atoms with Gasteiger partial charge in [-0.1, -0.05) is 12.5 Å². The normalized spacial score (nSPS) is 33.5. The molecule has 0 radical (unpaired) electrons. The van der Waals surface area contributed by atoms with E-state index in [0.29, 0.717) is 31.2 Å². The van der Waals surface area contributed by atoms with Gasteiger partial charge in [-0.05, 0) is 62.6 Å². The van der Waals surface area contributed by atoms with Crippen molar-refractivity contribution in [2.45, 2.75) is 58.3 Å². The molecule has 0 spiro atoms. The van der Waals surface area contributed by atoms with Crippen LogP contribution >= 0.6 is 0 Å². The summed E-state index contributed by atoms with van der Waals surface area (Å²) in [6.45, 7) is 5.82. The van der Waals surface area contributed by atoms with Crippen LogP contribution in [0.1, 0.15) is 45.1 Å². The molecule has 3 aliphatic rings. The van der Waals surface area contributed by atoms with Crippen LogP contribution in [0.25, 0.3) is 0 Å². The Morgan fingerprint density at radius 2 is 2.00 bits per heavy atom. The number of carbonyl (C=O) groups is 1. The SMILES string of the molecule is CC1CN(c2ccc(CNC(=O)C3CC4CCC3C4)cc2F)CC(C)O1. The topological polar surface area (TPSA) is 41.6 Å². The Bertz CT molecular complexity index is 670. The number of carbonyl (C=O) groups excluding carboxylic acids is 1. The molecule has 4 rings (SSSR count). The summed E-state index contributed by atoms with van der Waals surface area (Å²) in [4.78, 5) is 14.5. The first-order chi connectivity index (χ1) is 12.5. The number of anilines is 1. The number of nitrogens with zero attached hydrogens (tertiary/aromatic N) is 1. The molecule has 1 aromatic carbocycles. The Morgan fingerprint density at radius 1 is 1.23 bits per heavy atom. The fraction of sp³-hybridized carbons (Fsp3) is 0.667. The highest BCUT2D eigenvalue weighted by molar-refractivity contribution is 5.79. The highest BCUT2D eigenvalue weighted by Crippen LogP contribution is 2.48. The van der Waals surface area contributed by atoms with E-state index in [0.717, 1.165) is 17.9 Å². The maximum atomic E-state index is 14.6. The zero-order valence-corrected chi connectivity index (χ0v) is 15.7. The zero-order chi connectivity index (χ0) is 18.3. The van der Waals surface area contributed by atoms with E-state index < -0.39 is 0 Å². The van der Waals surface area contributed by atoms with Gasteiger partial charge in [0.05, 0.1) is 17.9 Å². The number of hydrogen-bond donors (Lipinski definition) is 1. The zero-order valence-electron chi connectivity index (χ0n) is 15.7. The quantitative estimate of drug-likeness (QED) is 0.894. The first-order valence-electron chi connectivity index (χ1n) is 9.96. The van der Waals surface area contributed by atoms with Crippen molar-refractivity contribution in [2.75, 3.05) is 18.0 Å². The van der Waals surface area contributed by atoms with Gasteiger partial charge in [0.1, 0.15) is 5.82 Å². The lowest BCUT2D eigenvalue weighted by Gasteiger charge is -2.37. The van der Waals surface area contributed by atoms with Crippen LogP contribution < -0.4 is 10.2 Å². The van der Waals surface area contributed by atoms with Crippen LogP contribution in [0.4, 0.5) is 10.1 Å². The van der Waals surface area contributed by atoms with Crippen LogP contribution in [0, 0.1) is 23.6 Å². The Morgan fingerprint density at radius 3 is 2.62 bits per heavy atom. The number of ether oxygens (including phenoxy) is 1. The lowest BCUT2D eigenvalue weighted by molar-refractivity contribution is -0.126. The fourth-order valence-electron chi connectivity index (χ4n) is 5.18. The van der Waals surface area contributed by atoms with Gasteiger partial charge in [-0.25, -0.2) is 4.39 Å². The van der Waals surface area contributed by atoms with Gasteiger partial charge in [-0.3, -0.25) is 4.79 Å². The number of rotatable bonds is 4. The first-order valence-corrected chi connectivity index (χ1v) is 9.96. The minimum atomic E-state index is -0.224. The molecule has 5 heteroatoms. The van der Waals surface area contributed by atoms with Gasteiger partial charge >= 0.3 is 0 Å². The molecule has 2 bridgehead atoms. The van der Waals surface area contributed by atoms with E-state index in [2.05, 4.69) is 5.32 Å². The van der Waals surface area contributed by atoms with E-state index in [1.54, 1.807) is 6.07 Å². The standard InChI is InChI=1S/C21H29FN2O2/c1-13-11-24(12-14(2)26-13)20-6-4-16(9-19(20)22)10-23-21(25)18-8-15-3-5-17(18)7-15/h4,6,9,13-15,17-18H,3,5,7-8,10-12H2,1-2H3,(H,23,25). The maximum Gasteiger partial charge on any atom is 0.223 e. The van der Waals surface area contributed by atoms with Crippen molar-refractivity contribution < 1.29 is 13.9 Å². The highest BCUT2D eigenvalue weighted by Gasteiger charge is 2.42. The number of halogens is 1. The molecule has 3 fully saturated rings. The first kappa shape index (κ1) is 17.8. The minimum Gasteiger partial charge on any atom is -0.372 e. The van der Waals surface area contributed by atoms with Crippen LogP contribution in [0.15, 0.2) is 18.2 Å². The molecule has 1 saturated heterocycles. The molecule has 2 saturated carbocycles. The number of benzene rings is 1. The lowest BCUT2D eigenvalue weighted by atomic mass is 9.88. The molecule has 1 heterocycles. The third-order valence-corrected chi connectivity index (χ3v) is 6.31. The molecule has 1 amide bonds. The summed E-state index contributed by atoms with van der Waals surface area (Å²) in [5, 5.41) is 3.03. The van der Waals surface area contributed by atoms with E-state index >= 15 is 0 Å². The average Bonchev–Trinajstić information content (AvgIpc) is 3.22. The van der Waals surface area contributed by atoms with Crippen LogP contribution in [0.5, 0.6) is 0 Å². The average molecular weight is 360 g/mol. The predicted octanol–water partition coefficient (Wildman–Crippen LogP) is 3.49. The molecule has 1 aliphatic heterocycles. The summed E-state index contributed by atoms with van der Waals surface area (Å²) in [5.41, 5.74) is 1.44. The van der Waals surface area contributed by atoms with E-state index in [-0.39, 0.29) is 29.9 Å². The Kier molecular flexibility index (Phi) is 4.91. The van der Waals surface area contributed by atoms with Crippen molar-refractivity contribution in [1.29, 1.82) is 0 Å².